The van der Waals surface area contributed by atoms with Gasteiger partial charge < -0.3 is 14.4 Å². The Kier molecular flexibility index (Phi) is 10.7. The van der Waals surface area contributed by atoms with Gasteiger partial charge in [-0.05, 0) is 6.42 Å². The first kappa shape index (κ1) is 17.0. The van der Waals surface area contributed by atoms with E-state index in [0.29, 0.717) is 6.61 Å². The minimum atomic E-state index is -4.24. The first-order chi connectivity index (χ1) is 5.95. The van der Waals surface area contributed by atoms with Crippen molar-refractivity contribution >= 4 is 10.1 Å². The van der Waals surface area contributed by atoms with E-state index < -0.39 is 22.0 Å². The van der Waals surface area contributed by atoms with Crippen LogP contribution in [0.4, 0.5) is 0 Å². The summed E-state index contributed by atoms with van der Waals surface area (Å²) < 4.78 is 35.3. The minimum Gasteiger partial charge on any atom is -0.748 e. The summed E-state index contributed by atoms with van der Waals surface area (Å²) in [5, 5.41) is 9.08. The third kappa shape index (κ3) is 12.6. The Hall–Kier alpha value is 0.570. The molecule has 1 atom stereocenters. The van der Waals surface area contributed by atoms with Crippen molar-refractivity contribution in [3.05, 3.63) is 12.7 Å². The van der Waals surface area contributed by atoms with E-state index in [0.717, 1.165) is 0 Å². The molecule has 14 heavy (non-hydrogen) atoms. The standard InChI is InChI=1S/C7H14O5S.Na/c1-2-4-12-6-7(8)3-5-13(9,10)11;/h2,7-8H,1,3-6H2,(H,9,10,11);/q;+1/p-1. The number of rotatable bonds is 7. The molecule has 0 aliphatic carbocycles. The van der Waals surface area contributed by atoms with Crippen LogP contribution in [-0.2, 0) is 14.9 Å². The van der Waals surface area contributed by atoms with Crippen molar-refractivity contribution in [2.75, 3.05) is 19.0 Å². The summed E-state index contributed by atoms with van der Waals surface area (Å²) in [5.41, 5.74) is 0. The molecule has 1 N–H and O–H groups in total. The van der Waals surface area contributed by atoms with Gasteiger partial charge in [0.05, 0.1) is 29.4 Å². The van der Waals surface area contributed by atoms with Crippen molar-refractivity contribution in [3.63, 3.8) is 0 Å². The third-order valence-electron chi connectivity index (χ3n) is 1.25. The summed E-state index contributed by atoms with van der Waals surface area (Å²) in [7, 11) is -4.24. The second-order valence-corrected chi connectivity index (χ2v) is 4.05. The number of hydrogen-bond acceptors (Lipinski definition) is 5. The van der Waals surface area contributed by atoms with Crippen LogP contribution in [0.3, 0.4) is 0 Å². The Morgan fingerprint density at radius 3 is 2.57 bits per heavy atom. The average Bonchev–Trinajstić information content (AvgIpc) is 2.00. The monoisotopic (exact) mass is 232 g/mol. The topological polar surface area (TPSA) is 86.7 Å². The molecule has 0 rings (SSSR count). The van der Waals surface area contributed by atoms with Gasteiger partial charge in [0.2, 0.25) is 0 Å². The molecular formula is C7H13NaO5S. The minimum absolute atomic E-state index is 0. The van der Waals surface area contributed by atoms with Crippen LogP contribution in [0, 0.1) is 0 Å². The summed E-state index contributed by atoms with van der Waals surface area (Å²) >= 11 is 0. The maximum atomic E-state index is 10.1. The van der Waals surface area contributed by atoms with Gasteiger partial charge in [0.15, 0.2) is 0 Å². The van der Waals surface area contributed by atoms with Crippen LogP contribution >= 0.6 is 0 Å². The first-order valence-corrected chi connectivity index (χ1v) is 5.33. The number of hydrogen-bond donors (Lipinski definition) is 1. The van der Waals surface area contributed by atoms with Gasteiger partial charge in [-0.2, -0.15) is 0 Å². The van der Waals surface area contributed by atoms with Gasteiger partial charge in [-0.1, -0.05) is 6.08 Å². The fraction of sp³-hybridized carbons (Fsp3) is 0.714. The van der Waals surface area contributed by atoms with Crippen molar-refractivity contribution in [3.8, 4) is 0 Å². The first-order valence-electron chi connectivity index (χ1n) is 3.76. The van der Waals surface area contributed by atoms with Crippen molar-refractivity contribution in [1.82, 2.24) is 0 Å². The SMILES string of the molecule is C=CCOCC(O)CCS(=O)(=O)[O-].[Na+]. The molecule has 0 aliphatic rings. The van der Waals surface area contributed by atoms with Crippen LogP contribution in [0.2, 0.25) is 0 Å². The fourth-order valence-corrected chi connectivity index (χ4v) is 1.21. The Morgan fingerprint density at radius 1 is 1.57 bits per heavy atom. The Labute approximate surface area is 106 Å². The summed E-state index contributed by atoms with van der Waals surface area (Å²) in [6.07, 6.45) is 0.503. The summed E-state index contributed by atoms with van der Waals surface area (Å²) in [5.74, 6) is -0.564. The summed E-state index contributed by atoms with van der Waals surface area (Å²) in [6, 6.07) is 0. The maximum Gasteiger partial charge on any atom is 1.00 e. The zero-order valence-corrected chi connectivity index (χ0v) is 11.0. The molecule has 1 unspecified atom stereocenters. The Balaban J connectivity index is 0. The Bertz CT molecular complexity index is 238. The summed E-state index contributed by atoms with van der Waals surface area (Å²) in [6.45, 7) is 3.70. The van der Waals surface area contributed by atoms with E-state index in [1.165, 1.54) is 6.08 Å². The molecule has 0 aliphatic heterocycles. The smallest absolute Gasteiger partial charge is 0.748 e. The molecule has 78 valence electrons. The molecule has 0 amide bonds. The van der Waals surface area contributed by atoms with Gasteiger partial charge in [0.1, 0.15) is 0 Å². The second-order valence-electron chi connectivity index (χ2n) is 2.53. The number of ether oxygens (including phenoxy) is 1. The van der Waals surface area contributed by atoms with Crippen LogP contribution in [0.1, 0.15) is 6.42 Å². The number of aliphatic hydroxyl groups is 1. The quantitative estimate of drug-likeness (QED) is 0.213. The van der Waals surface area contributed by atoms with Crippen LogP contribution < -0.4 is 29.6 Å². The molecule has 0 heterocycles. The molecule has 7 heteroatoms. The van der Waals surface area contributed by atoms with E-state index in [1.54, 1.807) is 0 Å². The van der Waals surface area contributed by atoms with E-state index in [-0.39, 0.29) is 42.6 Å². The molecule has 0 fully saturated rings. The van der Waals surface area contributed by atoms with Gasteiger partial charge >= 0.3 is 29.6 Å². The molecule has 0 spiro atoms. The molecule has 0 aromatic carbocycles. The zero-order chi connectivity index (χ0) is 10.3. The van der Waals surface area contributed by atoms with Crippen LogP contribution in [0.15, 0.2) is 12.7 Å². The molecule has 0 radical (unpaired) electrons. The summed E-state index contributed by atoms with van der Waals surface area (Å²) in [4.78, 5) is 0. The number of aliphatic hydroxyl groups excluding tert-OH is 1. The molecular weight excluding hydrogens is 219 g/mol. The molecule has 0 saturated carbocycles. The molecule has 0 aromatic heterocycles. The van der Waals surface area contributed by atoms with Crippen LogP contribution in [0.25, 0.3) is 0 Å². The largest absolute Gasteiger partial charge is 1.00 e. The fourth-order valence-electron chi connectivity index (χ4n) is 0.651. The van der Waals surface area contributed by atoms with Gasteiger partial charge in [-0.15, -0.1) is 6.58 Å². The predicted molar refractivity (Wildman–Crippen MR) is 46.2 cm³/mol. The van der Waals surface area contributed by atoms with Crippen LogP contribution in [-0.4, -0.2) is 43.1 Å². The van der Waals surface area contributed by atoms with Crippen molar-refractivity contribution in [2.45, 2.75) is 12.5 Å². The van der Waals surface area contributed by atoms with Gasteiger partial charge in [0, 0.05) is 5.75 Å². The van der Waals surface area contributed by atoms with Gasteiger partial charge in [-0.25, -0.2) is 8.42 Å². The molecule has 0 bridgehead atoms. The van der Waals surface area contributed by atoms with E-state index in [2.05, 4.69) is 6.58 Å². The van der Waals surface area contributed by atoms with E-state index >= 15 is 0 Å². The Morgan fingerprint density at radius 2 is 2.14 bits per heavy atom. The van der Waals surface area contributed by atoms with Crippen LogP contribution in [0.5, 0.6) is 0 Å². The molecule has 5 nitrogen and oxygen atoms in total. The van der Waals surface area contributed by atoms with E-state index in [9.17, 15) is 13.0 Å². The van der Waals surface area contributed by atoms with E-state index in [1.807, 2.05) is 0 Å². The van der Waals surface area contributed by atoms with Crippen molar-refractivity contribution in [1.29, 1.82) is 0 Å². The third-order valence-corrected chi connectivity index (χ3v) is 1.98. The maximum absolute atomic E-state index is 10.1. The van der Waals surface area contributed by atoms with E-state index in [4.69, 9.17) is 9.84 Å². The van der Waals surface area contributed by atoms with Crippen molar-refractivity contribution in [2.24, 2.45) is 0 Å². The zero-order valence-electron chi connectivity index (χ0n) is 8.18. The van der Waals surface area contributed by atoms with Crippen molar-refractivity contribution < 1.29 is 52.4 Å². The second kappa shape index (κ2) is 8.84. The van der Waals surface area contributed by atoms with Gasteiger partial charge in [0.25, 0.3) is 0 Å². The molecule has 0 aromatic rings. The van der Waals surface area contributed by atoms with Gasteiger partial charge in [-0.3, -0.25) is 0 Å². The predicted octanol–water partition coefficient (Wildman–Crippen LogP) is -3.51. The average molecular weight is 232 g/mol. The molecule has 0 saturated heterocycles. The normalized spacial score (nSPS) is 13.0.